The van der Waals surface area contributed by atoms with Gasteiger partial charge in [-0.1, -0.05) is 0 Å². The molecule has 4 atom stereocenters. The van der Waals surface area contributed by atoms with E-state index in [1.807, 2.05) is 0 Å². The lowest BCUT2D eigenvalue weighted by Gasteiger charge is -2.23. The Labute approximate surface area is 100 Å². The summed E-state index contributed by atoms with van der Waals surface area (Å²) in [6.07, 6.45) is -7.84. The van der Waals surface area contributed by atoms with Crippen molar-refractivity contribution in [2.24, 2.45) is 0 Å². The maximum Gasteiger partial charge on any atom is 0.466 e. The van der Waals surface area contributed by atoms with Gasteiger partial charge in [0.2, 0.25) is 0 Å². The molecule has 0 aromatic rings. The number of phosphoric acid groups is 1. The third kappa shape index (κ3) is 10.5. The van der Waals surface area contributed by atoms with Crippen molar-refractivity contribution in [3.05, 3.63) is 0 Å². The zero-order chi connectivity index (χ0) is 15.1. The molecular weight excluding hydrogens is 279 g/mol. The highest BCUT2D eigenvalue weighted by Gasteiger charge is 2.33. The van der Waals surface area contributed by atoms with Crippen molar-refractivity contribution in [1.29, 1.82) is 0 Å². The highest BCUT2D eigenvalue weighted by molar-refractivity contribution is 7.45. The van der Waals surface area contributed by atoms with Crippen LogP contribution in [0.15, 0.2) is 0 Å². The molecule has 12 heteroatoms. The largest absolute Gasteiger partial charge is 0.479 e. The molecular formula is C6H15O11P. The molecule has 0 aliphatic heterocycles. The molecule has 0 aliphatic rings. The van der Waals surface area contributed by atoms with Crippen LogP contribution in [0, 0.1) is 0 Å². The monoisotopic (exact) mass is 294 g/mol. The number of aliphatic hydroxyl groups excluding tert-OH is 5. The number of aliphatic carboxylic acids is 1. The van der Waals surface area contributed by atoms with Gasteiger partial charge in [-0.2, -0.15) is 0 Å². The molecule has 0 aliphatic carbocycles. The van der Waals surface area contributed by atoms with Gasteiger partial charge < -0.3 is 45.3 Å². The molecule has 0 fully saturated rings. The average Bonchev–Trinajstić information content (AvgIpc) is 2.22. The van der Waals surface area contributed by atoms with E-state index in [1.165, 1.54) is 0 Å². The second-order valence-corrected chi connectivity index (χ2v) is 4.05. The van der Waals surface area contributed by atoms with Crippen LogP contribution in [0.25, 0.3) is 0 Å². The van der Waals surface area contributed by atoms with E-state index in [-0.39, 0.29) is 0 Å². The minimum atomic E-state index is -4.64. The lowest BCUT2D eigenvalue weighted by Crippen LogP contribution is -2.48. The number of carbonyl (C=O) groups is 1. The molecule has 110 valence electrons. The Balaban J connectivity index is 0. The van der Waals surface area contributed by atoms with Crippen molar-refractivity contribution in [3.63, 3.8) is 0 Å². The standard InChI is InChI=1S/C6H12O7.H3O4P/c7-1-2(8)3(9)4(10)5(11)6(12)13;1-5(2,3)4/h2-5,7-11H,1H2,(H,12,13);(H3,1,2,3,4)/t2-,3-,4+,5-;/m1./s1. The minimum Gasteiger partial charge on any atom is -0.479 e. The van der Waals surface area contributed by atoms with Crippen LogP contribution in [-0.4, -0.2) is 82.3 Å². The zero-order valence-electron chi connectivity index (χ0n) is 8.81. The van der Waals surface area contributed by atoms with Crippen molar-refractivity contribution in [1.82, 2.24) is 0 Å². The molecule has 0 amide bonds. The summed E-state index contributed by atoms with van der Waals surface area (Å²) in [7, 11) is -4.64. The van der Waals surface area contributed by atoms with Gasteiger partial charge in [-0.3, -0.25) is 0 Å². The van der Waals surface area contributed by atoms with Gasteiger partial charge in [-0.25, -0.2) is 9.36 Å². The first kappa shape index (κ1) is 19.7. The topological polar surface area (TPSA) is 216 Å². The molecule has 0 bridgehead atoms. The lowest BCUT2D eigenvalue weighted by molar-refractivity contribution is -0.164. The number of hydrogen-bond acceptors (Lipinski definition) is 7. The van der Waals surface area contributed by atoms with Crippen molar-refractivity contribution < 1.29 is 54.7 Å². The van der Waals surface area contributed by atoms with Crippen LogP contribution >= 0.6 is 7.82 Å². The van der Waals surface area contributed by atoms with Crippen LogP contribution in [0.5, 0.6) is 0 Å². The quantitative estimate of drug-likeness (QED) is 0.220. The fourth-order valence-corrected chi connectivity index (χ4v) is 0.668. The van der Waals surface area contributed by atoms with Crippen LogP contribution in [0.4, 0.5) is 0 Å². The van der Waals surface area contributed by atoms with Gasteiger partial charge in [0.15, 0.2) is 6.10 Å². The molecule has 0 saturated carbocycles. The first-order valence-electron chi connectivity index (χ1n) is 4.26. The van der Waals surface area contributed by atoms with Gasteiger partial charge in [0.1, 0.15) is 18.3 Å². The Kier molecular flexibility index (Phi) is 9.28. The van der Waals surface area contributed by atoms with Crippen molar-refractivity contribution in [2.75, 3.05) is 6.61 Å². The summed E-state index contributed by atoms with van der Waals surface area (Å²) in [5.41, 5.74) is 0. The van der Waals surface area contributed by atoms with Crippen LogP contribution in [0.1, 0.15) is 0 Å². The van der Waals surface area contributed by atoms with Gasteiger partial charge >= 0.3 is 13.8 Å². The normalized spacial score (nSPS) is 18.0. The van der Waals surface area contributed by atoms with Crippen molar-refractivity contribution >= 4 is 13.8 Å². The van der Waals surface area contributed by atoms with Gasteiger partial charge in [-0.15, -0.1) is 0 Å². The lowest BCUT2D eigenvalue weighted by atomic mass is 10.0. The Morgan fingerprint density at radius 1 is 1.00 bits per heavy atom. The van der Waals surface area contributed by atoms with E-state index in [9.17, 15) is 4.79 Å². The zero-order valence-corrected chi connectivity index (χ0v) is 9.70. The van der Waals surface area contributed by atoms with E-state index < -0.39 is 44.8 Å². The second kappa shape index (κ2) is 8.48. The molecule has 0 heterocycles. The third-order valence-electron chi connectivity index (χ3n) is 1.51. The van der Waals surface area contributed by atoms with E-state index in [1.54, 1.807) is 0 Å². The maximum absolute atomic E-state index is 10.1. The summed E-state index contributed by atoms with van der Waals surface area (Å²) >= 11 is 0. The van der Waals surface area contributed by atoms with Crippen molar-refractivity contribution in [2.45, 2.75) is 24.4 Å². The molecule has 9 N–H and O–H groups in total. The highest BCUT2D eigenvalue weighted by atomic mass is 31.2. The summed E-state index contributed by atoms with van der Waals surface area (Å²) < 4.78 is 8.88. The Morgan fingerprint density at radius 2 is 1.33 bits per heavy atom. The van der Waals surface area contributed by atoms with Gasteiger partial charge in [0.05, 0.1) is 6.61 Å². The van der Waals surface area contributed by atoms with Gasteiger partial charge in [0, 0.05) is 0 Å². The molecule has 0 unspecified atom stereocenters. The smallest absolute Gasteiger partial charge is 0.466 e. The Hall–Kier alpha value is -0.620. The Bertz CT molecular complexity index is 279. The first-order valence-corrected chi connectivity index (χ1v) is 5.82. The van der Waals surface area contributed by atoms with Crippen LogP contribution < -0.4 is 0 Å². The molecule has 0 aromatic carbocycles. The molecule has 0 spiro atoms. The predicted octanol–water partition coefficient (Wildman–Crippen LogP) is -4.42. The van der Waals surface area contributed by atoms with Crippen LogP contribution in [-0.2, 0) is 9.36 Å². The van der Waals surface area contributed by atoms with E-state index >= 15 is 0 Å². The summed E-state index contributed by atoms with van der Waals surface area (Å²) in [6, 6.07) is 0. The number of carboxylic acid groups (broad SMARTS) is 1. The molecule has 0 radical (unpaired) electrons. The fraction of sp³-hybridized carbons (Fsp3) is 0.833. The molecule has 11 nitrogen and oxygen atoms in total. The van der Waals surface area contributed by atoms with E-state index in [2.05, 4.69) is 0 Å². The first-order chi connectivity index (χ1) is 7.91. The number of rotatable bonds is 5. The number of aliphatic hydroxyl groups is 5. The maximum atomic E-state index is 10.1. The number of hydrogen-bond donors (Lipinski definition) is 9. The van der Waals surface area contributed by atoms with Crippen molar-refractivity contribution in [3.8, 4) is 0 Å². The van der Waals surface area contributed by atoms with Crippen LogP contribution in [0.3, 0.4) is 0 Å². The third-order valence-corrected chi connectivity index (χ3v) is 1.51. The van der Waals surface area contributed by atoms with Gasteiger partial charge in [-0.05, 0) is 0 Å². The molecule has 18 heavy (non-hydrogen) atoms. The Morgan fingerprint density at radius 3 is 1.56 bits per heavy atom. The summed E-state index contributed by atoms with van der Waals surface area (Å²) in [5.74, 6) is -1.73. The number of carboxylic acids is 1. The van der Waals surface area contributed by atoms with Gasteiger partial charge in [0.25, 0.3) is 0 Å². The van der Waals surface area contributed by atoms with Crippen LogP contribution in [0.2, 0.25) is 0 Å². The molecule has 0 aromatic heterocycles. The van der Waals surface area contributed by atoms with E-state index in [0.29, 0.717) is 0 Å². The van der Waals surface area contributed by atoms with E-state index in [4.69, 9.17) is 49.9 Å². The molecule has 0 saturated heterocycles. The SMILES string of the molecule is O=C(O)[C@H](O)[C@@H](O)[C@H](O)[C@H](O)CO.O=P(O)(O)O. The molecule has 0 rings (SSSR count). The fourth-order valence-electron chi connectivity index (χ4n) is 0.668. The minimum absolute atomic E-state index is 0.843. The van der Waals surface area contributed by atoms with E-state index in [0.717, 1.165) is 0 Å². The summed E-state index contributed by atoms with van der Waals surface area (Å²) in [5, 5.41) is 51.8. The predicted molar refractivity (Wildman–Crippen MR) is 53.0 cm³/mol. The second-order valence-electron chi connectivity index (χ2n) is 3.03. The summed E-state index contributed by atoms with van der Waals surface area (Å²) in [6.45, 7) is -0.843. The average molecular weight is 294 g/mol. The highest BCUT2D eigenvalue weighted by Crippen LogP contribution is 2.25. The summed E-state index contributed by atoms with van der Waals surface area (Å²) in [4.78, 5) is 31.7.